The number of hydrogen-bond acceptors (Lipinski definition) is 6. The molecule has 0 saturated carbocycles. The molecule has 0 aromatic carbocycles. The van der Waals surface area contributed by atoms with E-state index in [1.54, 1.807) is 6.92 Å². The molecular weight excluding hydrogens is 274 g/mol. The maximum Gasteiger partial charge on any atom is 0.497 e. The Labute approximate surface area is 99.5 Å². The van der Waals surface area contributed by atoms with E-state index in [0.717, 1.165) is 11.6 Å². The lowest BCUT2D eigenvalue weighted by atomic mass is 10.5. The number of nitrogens with one attached hydrogen (secondary N) is 1. The Morgan fingerprint density at radius 1 is 1.24 bits per heavy atom. The van der Waals surface area contributed by atoms with Gasteiger partial charge in [0.05, 0.1) is 0 Å². The summed E-state index contributed by atoms with van der Waals surface area (Å²) in [6.07, 6.45) is 0. The van der Waals surface area contributed by atoms with Crippen molar-refractivity contribution in [1.29, 1.82) is 0 Å². The lowest BCUT2D eigenvalue weighted by Crippen LogP contribution is -2.31. The molecule has 0 fully saturated rings. The van der Waals surface area contributed by atoms with Crippen LogP contribution in [-0.2, 0) is 18.1 Å². The molecule has 104 valence electrons. The van der Waals surface area contributed by atoms with Gasteiger partial charge in [-0.05, 0) is 6.54 Å². The van der Waals surface area contributed by atoms with E-state index in [1.165, 1.54) is 0 Å². The summed E-state index contributed by atoms with van der Waals surface area (Å²) < 4.78 is 29.8. The molecular formula is C6H18N2O7P2. The average molecular weight is 292 g/mol. The predicted molar refractivity (Wildman–Crippen MR) is 59.8 cm³/mol. The van der Waals surface area contributed by atoms with Crippen molar-refractivity contribution < 1.29 is 32.7 Å². The Morgan fingerprint density at radius 3 is 2.24 bits per heavy atom. The highest BCUT2D eigenvalue weighted by molar-refractivity contribution is 7.60. The summed E-state index contributed by atoms with van der Waals surface area (Å²) in [6, 6.07) is 0. The molecule has 1 unspecified atom stereocenters. The van der Waals surface area contributed by atoms with Crippen molar-refractivity contribution in [1.82, 2.24) is 10.4 Å². The molecule has 17 heavy (non-hydrogen) atoms. The standard InChI is InChI=1S/C6H18N2O7P2/c1-3-7-5-6-8(4-2)14-17(12,13)15-16(9,10)11/h7H,3-6H2,1-2H3,(H,12,13)(H2,9,10,11). The average Bonchev–Trinajstić information content (AvgIpc) is 2.12. The van der Waals surface area contributed by atoms with Crippen LogP contribution >= 0.6 is 15.6 Å². The molecule has 4 N–H and O–H groups in total. The molecule has 0 saturated heterocycles. The van der Waals surface area contributed by atoms with Gasteiger partial charge in [-0.15, -0.1) is 0 Å². The van der Waals surface area contributed by atoms with Crippen LogP contribution in [0, 0.1) is 0 Å². The zero-order chi connectivity index (χ0) is 13.5. The van der Waals surface area contributed by atoms with Crippen LogP contribution in [0.3, 0.4) is 0 Å². The van der Waals surface area contributed by atoms with Crippen molar-refractivity contribution >= 4 is 15.6 Å². The van der Waals surface area contributed by atoms with E-state index in [2.05, 4.69) is 14.3 Å². The molecule has 0 aliphatic carbocycles. The molecule has 1 atom stereocenters. The smallest absolute Gasteiger partial charge is 0.316 e. The van der Waals surface area contributed by atoms with Crippen LogP contribution in [0.5, 0.6) is 0 Å². The lowest BCUT2D eigenvalue weighted by molar-refractivity contribution is -0.0747. The minimum atomic E-state index is -5.07. The maximum atomic E-state index is 11.2. The molecule has 0 rings (SSSR count). The number of rotatable bonds is 9. The van der Waals surface area contributed by atoms with E-state index in [9.17, 15) is 9.13 Å². The molecule has 0 spiro atoms. The van der Waals surface area contributed by atoms with Crippen LogP contribution < -0.4 is 5.32 Å². The second kappa shape index (κ2) is 7.58. The van der Waals surface area contributed by atoms with Gasteiger partial charge in [0, 0.05) is 19.6 Å². The van der Waals surface area contributed by atoms with Gasteiger partial charge in [0.25, 0.3) is 0 Å². The van der Waals surface area contributed by atoms with Crippen molar-refractivity contribution in [2.24, 2.45) is 0 Å². The number of hydroxylamine groups is 2. The van der Waals surface area contributed by atoms with Crippen LogP contribution in [0.4, 0.5) is 0 Å². The fourth-order valence-corrected chi connectivity index (χ4v) is 2.62. The highest BCUT2D eigenvalue weighted by Crippen LogP contribution is 2.57. The summed E-state index contributed by atoms with van der Waals surface area (Å²) in [4.78, 5) is 25.9. The molecule has 0 aliphatic rings. The first-order valence-corrected chi connectivity index (χ1v) is 7.97. The zero-order valence-corrected chi connectivity index (χ0v) is 11.4. The summed E-state index contributed by atoms with van der Waals surface area (Å²) >= 11 is 0. The highest BCUT2D eigenvalue weighted by atomic mass is 31.3. The number of likely N-dealkylation sites (N-methyl/N-ethyl adjacent to an activating group) is 2. The topological polar surface area (TPSA) is 129 Å². The molecule has 0 aliphatic heterocycles. The van der Waals surface area contributed by atoms with Gasteiger partial charge in [0.2, 0.25) is 0 Å². The van der Waals surface area contributed by atoms with Crippen LogP contribution in [0.25, 0.3) is 0 Å². The minimum Gasteiger partial charge on any atom is -0.316 e. The van der Waals surface area contributed by atoms with Crippen LogP contribution in [0.15, 0.2) is 0 Å². The fourth-order valence-electron chi connectivity index (χ4n) is 0.932. The first kappa shape index (κ1) is 17.2. The minimum absolute atomic E-state index is 0.264. The largest absolute Gasteiger partial charge is 0.497 e. The first-order chi connectivity index (χ1) is 7.70. The number of phosphoric acid groups is 2. The normalized spacial score (nSPS) is 16.1. The third-order valence-corrected chi connectivity index (χ3v) is 3.68. The summed E-state index contributed by atoms with van der Waals surface area (Å²) in [5, 5.41) is 4.04. The van der Waals surface area contributed by atoms with Crippen LogP contribution in [0.1, 0.15) is 13.8 Å². The SMILES string of the molecule is CCNCCN(CC)OP(=O)(O)OP(=O)(O)O. The van der Waals surface area contributed by atoms with Gasteiger partial charge >= 0.3 is 15.6 Å². The van der Waals surface area contributed by atoms with Gasteiger partial charge in [-0.1, -0.05) is 13.8 Å². The number of hydrogen-bond donors (Lipinski definition) is 4. The summed E-state index contributed by atoms with van der Waals surface area (Å²) in [5.41, 5.74) is 0. The van der Waals surface area contributed by atoms with Crippen LogP contribution in [-0.4, -0.2) is 45.9 Å². The van der Waals surface area contributed by atoms with Crippen LogP contribution in [0.2, 0.25) is 0 Å². The molecule has 0 aromatic heterocycles. The second-order valence-electron chi connectivity index (χ2n) is 3.00. The maximum absolute atomic E-state index is 11.2. The van der Waals surface area contributed by atoms with E-state index >= 15 is 0 Å². The van der Waals surface area contributed by atoms with E-state index in [0.29, 0.717) is 6.54 Å². The van der Waals surface area contributed by atoms with Crippen molar-refractivity contribution in [3.63, 3.8) is 0 Å². The highest BCUT2D eigenvalue weighted by Gasteiger charge is 2.34. The Bertz CT molecular complexity index is 307. The van der Waals surface area contributed by atoms with Crippen molar-refractivity contribution in [2.45, 2.75) is 13.8 Å². The third kappa shape index (κ3) is 9.84. The molecule has 0 radical (unpaired) electrons. The molecule has 0 heterocycles. The van der Waals surface area contributed by atoms with E-state index in [1.807, 2.05) is 6.92 Å². The Balaban J connectivity index is 4.25. The molecule has 11 heteroatoms. The zero-order valence-electron chi connectivity index (χ0n) is 9.64. The van der Waals surface area contributed by atoms with Crippen molar-refractivity contribution in [2.75, 3.05) is 26.2 Å². The third-order valence-electron chi connectivity index (χ3n) is 1.57. The lowest BCUT2D eigenvalue weighted by Gasteiger charge is -2.22. The summed E-state index contributed by atoms with van der Waals surface area (Å²) in [7, 11) is -9.87. The monoisotopic (exact) mass is 292 g/mol. The Kier molecular flexibility index (Phi) is 7.66. The quantitative estimate of drug-likeness (QED) is 0.265. The van der Waals surface area contributed by atoms with Gasteiger partial charge in [-0.25, -0.2) is 9.13 Å². The van der Waals surface area contributed by atoms with E-state index < -0.39 is 15.6 Å². The van der Waals surface area contributed by atoms with E-state index in [-0.39, 0.29) is 13.1 Å². The van der Waals surface area contributed by atoms with Crippen molar-refractivity contribution in [3.8, 4) is 0 Å². The first-order valence-electron chi connectivity index (χ1n) is 4.95. The Hall–Kier alpha value is 0.180. The van der Waals surface area contributed by atoms with Gasteiger partial charge in [-0.3, -0.25) is 0 Å². The predicted octanol–water partition coefficient (Wildman–Crippen LogP) is 0.0591. The number of nitrogens with zero attached hydrogens (tertiary/aromatic N) is 1. The van der Waals surface area contributed by atoms with Gasteiger partial charge < -0.3 is 20.0 Å². The summed E-state index contributed by atoms with van der Waals surface area (Å²) in [6.45, 7) is 5.32. The Morgan fingerprint density at radius 2 is 1.82 bits per heavy atom. The summed E-state index contributed by atoms with van der Waals surface area (Å²) in [5.74, 6) is 0. The molecule has 0 amide bonds. The fraction of sp³-hybridized carbons (Fsp3) is 1.00. The molecule has 0 bridgehead atoms. The van der Waals surface area contributed by atoms with Gasteiger partial charge in [0.15, 0.2) is 0 Å². The van der Waals surface area contributed by atoms with Gasteiger partial charge in [0.1, 0.15) is 0 Å². The molecule has 0 aromatic rings. The van der Waals surface area contributed by atoms with Gasteiger partial charge in [-0.2, -0.15) is 14.0 Å². The van der Waals surface area contributed by atoms with Crippen molar-refractivity contribution in [3.05, 3.63) is 0 Å². The molecule has 9 nitrogen and oxygen atoms in total. The second-order valence-corrected chi connectivity index (χ2v) is 5.73. The van der Waals surface area contributed by atoms with E-state index in [4.69, 9.17) is 14.7 Å².